The Morgan fingerprint density at radius 1 is 1.45 bits per heavy atom. The summed E-state index contributed by atoms with van der Waals surface area (Å²) < 4.78 is 4.91. The largest absolute Gasteiger partial charge is 0.387 e. The predicted octanol–water partition coefficient (Wildman–Crippen LogP) is 1.11. The number of aliphatic hydroxyl groups is 1. The molecule has 1 heterocycles. The summed E-state index contributed by atoms with van der Waals surface area (Å²) in [5.74, 6) is 0.996. The molecule has 2 rings (SSSR count). The van der Waals surface area contributed by atoms with Crippen molar-refractivity contribution in [1.29, 1.82) is 0 Å². The SMILES string of the molecule is Cc1noc(CNCC(O)c2ccc([N+](=O)[O-])cc2)n1. The Morgan fingerprint density at radius 2 is 2.15 bits per heavy atom. The fourth-order valence-corrected chi connectivity index (χ4v) is 1.66. The zero-order valence-electron chi connectivity index (χ0n) is 10.8. The Hall–Kier alpha value is -2.32. The molecule has 8 heteroatoms. The molecule has 0 spiro atoms. The van der Waals surface area contributed by atoms with E-state index in [4.69, 9.17) is 4.52 Å². The molecule has 0 aliphatic carbocycles. The molecule has 2 aromatic rings. The molecular formula is C12H14N4O4. The summed E-state index contributed by atoms with van der Waals surface area (Å²) in [4.78, 5) is 14.1. The molecule has 0 saturated heterocycles. The van der Waals surface area contributed by atoms with E-state index in [2.05, 4.69) is 15.5 Å². The molecule has 106 valence electrons. The van der Waals surface area contributed by atoms with Crippen molar-refractivity contribution in [3.8, 4) is 0 Å². The van der Waals surface area contributed by atoms with Crippen molar-refractivity contribution in [2.75, 3.05) is 6.54 Å². The van der Waals surface area contributed by atoms with Gasteiger partial charge in [0.25, 0.3) is 5.69 Å². The van der Waals surface area contributed by atoms with Crippen LogP contribution in [0.1, 0.15) is 23.4 Å². The number of aromatic nitrogens is 2. The van der Waals surface area contributed by atoms with Crippen LogP contribution < -0.4 is 5.32 Å². The van der Waals surface area contributed by atoms with E-state index in [0.717, 1.165) is 0 Å². The number of nitrogens with zero attached hydrogens (tertiary/aromatic N) is 3. The van der Waals surface area contributed by atoms with Crippen LogP contribution in [-0.4, -0.2) is 26.7 Å². The minimum Gasteiger partial charge on any atom is -0.387 e. The van der Waals surface area contributed by atoms with E-state index in [-0.39, 0.29) is 12.2 Å². The number of hydrogen-bond donors (Lipinski definition) is 2. The molecule has 2 N–H and O–H groups in total. The van der Waals surface area contributed by atoms with Crippen molar-refractivity contribution in [3.63, 3.8) is 0 Å². The molecule has 20 heavy (non-hydrogen) atoms. The average Bonchev–Trinajstić information content (AvgIpc) is 2.84. The van der Waals surface area contributed by atoms with Gasteiger partial charge in [0.05, 0.1) is 17.6 Å². The summed E-state index contributed by atoms with van der Waals surface area (Å²) in [6.45, 7) is 2.35. The maximum Gasteiger partial charge on any atom is 0.269 e. The van der Waals surface area contributed by atoms with Crippen molar-refractivity contribution in [1.82, 2.24) is 15.5 Å². The number of aryl methyl sites for hydroxylation is 1. The smallest absolute Gasteiger partial charge is 0.269 e. The lowest BCUT2D eigenvalue weighted by atomic mass is 10.1. The van der Waals surface area contributed by atoms with Gasteiger partial charge in [-0.25, -0.2) is 0 Å². The second-order valence-electron chi connectivity index (χ2n) is 4.23. The Morgan fingerprint density at radius 3 is 2.70 bits per heavy atom. The molecule has 1 aromatic carbocycles. The predicted molar refractivity (Wildman–Crippen MR) is 68.8 cm³/mol. The standard InChI is InChI=1S/C12H14N4O4/c1-8-14-12(20-15-8)7-13-6-11(17)9-2-4-10(5-3-9)16(18)19/h2-5,11,13,17H,6-7H2,1H3. The first kappa shape index (κ1) is 14.1. The molecule has 1 unspecified atom stereocenters. The monoisotopic (exact) mass is 278 g/mol. The Kier molecular flexibility index (Phi) is 4.38. The van der Waals surface area contributed by atoms with E-state index in [1.165, 1.54) is 24.3 Å². The maximum atomic E-state index is 10.5. The molecule has 0 fully saturated rings. The fourth-order valence-electron chi connectivity index (χ4n) is 1.66. The van der Waals surface area contributed by atoms with E-state index in [1.54, 1.807) is 6.92 Å². The summed E-state index contributed by atoms with van der Waals surface area (Å²) in [6.07, 6.45) is -0.764. The molecule has 0 amide bonds. The van der Waals surface area contributed by atoms with Gasteiger partial charge in [-0.1, -0.05) is 5.16 Å². The van der Waals surface area contributed by atoms with Gasteiger partial charge >= 0.3 is 0 Å². The molecule has 0 bridgehead atoms. The van der Waals surface area contributed by atoms with Gasteiger partial charge in [-0.2, -0.15) is 4.98 Å². The van der Waals surface area contributed by atoms with E-state index < -0.39 is 11.0 Å². The number of nitro groups is 1. The van der Waals surface area contributed by atoms with Gasteiger partial charge in [0.15, 0.2) is 5.82 Å². The molecule has 8 nitrogen and oxygen atoms in total. The molecular weight excluding hydrogens is 264 g/mol. The zero-order chi connectivity index (χ0) is 14.5. The van der Waals surface area contributed by atoms with Crippen LogP contribution in [0.3, 0.4) is 0 Å². The first-order valence-electron chi connectivity index (χ1n) is 5.98. The van der Waals surface area contributed by atoms with Crippen LogP contribution in [0.4, 0.5) is 5.69 Å². The Bertz CT molecular complexity index is 581. The first-order valence-corrected chi connectivity index (χ1v) is 5.98. The highest BCUT2D eigenvalue weighted by atomic mass is 16.6. The number of hydrogen-bond acceptors (Lipinski definition) is 7. The van der Waals surface area contributed by atoms with Crippen LogP contribution in [-0.2, 0) is 6.54 Å². The molecule has 1 aromatic heterocycles. The van der Waals surface area contributed by atoms with Gasteiger partial charge in [0, 0.05) is 18.7 Å². The Labute approximate surface area is 114 Å². The van der Waals surface area contributed by atoms with Gasteiger partial charge in [-0.15, -0.1) is 0 Å². The van der Waals surface area contributed by atoms with Crippen molar-refractivity contribution in [2.24, 2.45) is 0 Å². The number of nitro benzene ring substituents is 1. The topological polar surface area (TPSA) is 114 Å². The third-order valence-electron chi connectivity index (χ3n) is 2.67. The van der Waals surface area contributed by atoms with E-state index in [9.17, 15) is 15.2 Å². The second kappa shape index (κ2) is 6.22. The number of nitrogens with one attached hydrogen (secondary N) is 1. The van der Waals surface area contributed by atoms with E-state index in [0.29, 0.717) is 23.8 Å². The highest BCUT2D eigenvalue weighted by Crippen LogP contribution is 2.17. The summed E-state index contributed by atoms with van der Waals surface area (Å²) in [6, 6.07) is 5.78. The third-order valence-corrected chi connectivity index (χ3v) is 2.67. The third kappa shape index (κ3) is 3.59. The second-order valence-corrected chi connectivity index (χ2v) is 4.23. The van der Waals surface area contributed by atoms with E-state index >= 15 is 0 Å². The van der Waals surface area contributed by atoms with Gasteiger partial charge < -0.3 is 14.9 Å². The van der Waals surface area contributed by atoms with Crippen molar-refractivity contribution in [2.45, 2.75) is 19.6 Å². The average molecular weight is 278 g/mol. The molecule has 1 atom stereocenters. The quantitative estimate of drug-likeness (QED) is 0.600. The van der Waals surface area contributed by atoms with Crippen LogP contribution >= 0.6 is 0 Å². The number of aliphatic hydroxyl groups excluding tert-OH is 1. The molecule has 0 aliphatic heterocycles. The summed E-state index contributed by atoms with van der Waals surface area (Å²) in [5.41, 5.74) is 0.597. The summed E-state index contributed by atoms with van der Waals surface area (Å²) in [7, 11) is 0. The number of benzene rings is 1. The van der Waals surface area contributed by atoms with Crippen LogP contribution in [0.5, 0.6) is 0 Å². The van der Waals surface area contributed by atoms with E-state index in [1.807, 2.05) is 0 Å². The van der Waals surface area contributed by atoms with Crippen molar-refractivity contribution in [3.05, 3.63) is 51.7 Å². The zero-order valence-corrected chi connectivity index (χ0v) is 10.8. The highest BCUT2D eigenvalue weighted by Gasteiger charge is 2.11. The lowest BCUT2D eigenvalue weighted by Crippen LogP contribution is -2.21. The summed E-state index contributed by atoms with van der Waals surface area (Å²) in [5, 5.41) is 27.1. The van der Waals surface area contributed by atoms with Gasteiger partial charge in [-0.3, -0.25) is 10.1 Å². The number of rotatable bonds is 6. The lowest BCUT2D eigenvalue weighted by molar-refractivity contribution is -0.384. The maximum absolute atomic E-state index is 10.5. The van der Waals surface area contributed by atoms with Crippen molar-refractivity contribution < 1.29 is 14.6 Å². The van der Waals surface area contributed by atoms with Crippen LogP contribution in [0.25, 0.3) is 0 Å². The lowest BCUT2D eigenvalue weighted by Gasteiger charge is -2.10. The van der Waals surface area contributed by atoms with Crippen LogP contribution in [0.2, 0.25) is 0 Å². The first-order chi connectivity index (χ1) is 9.56. The normalized spacial score (nSPS) is 12.3. The molecule has 0 saturated carbocycles. The van der Waals surface area contributed by atoms with Gasteiger partial charge in [-0.05, 0) is 24.6 Å². The summed E-state index contributed by atoms with van der Waals surface area (Å²) >= 11 is 0. The van der Waals surface area contributed by atoms with Gasteiger partial charge in [0.2, 0.25) is 5.89 Å². The number of non-ortho nitro benzene ring substituents is 1. The van der Waals surface area contributed by atoms with Gasteiger partial charge in [0.1, 0.15) is 0 Å². The molecule has 0 radical (unpaired) electrons. The minimum atomic E-state index is -0.764. The molecule has 0 aliphatic rings. The van der Waals surface area contributed by atoms with Crippen LogP contribution in [0.15, 0.2) is 28.8 Å². The van der Waals surface area contributed by atoms with Crippen molar-refractivity contribution >= 4 is 5.69 Å². The fraction of sp³-hybridized carbons (Fsp3) is 0.333. The van der Waals surface area contributed by atoms with Crippen LogP contribution in [0, 0.1) is 17.0 Å². The minimum absolute atomic E-state index is 0.00440. The highest BCUT2D eigenvalue weighted by molar-refractivity contribution is 5.33. The Balaban J connectivity index is 1.85.